The Labute approximate surface area is 104 Å². The smallest absolute Gasteiger partial charge is 0.289 e. The van der Waals surface area contributed by atoms with Crippen molar-refractivity contribution in [2.24, 2.45) is 0 Å². The SMILES string of the molecule is CC1CNCCN1c1ncc([N+](=O)[O-])cc1C#N. The maximum absolute atomic E-state index is 10.7. The van der Waals surface area contributed by atoms with Crippen molar-refractivity contribution in [1.29, 1.82) is 5.26 Å². The highest BCUT2D eigenvalue weighted by Gasteiger charge is 2.23. The molecule has 1 aliphatic heterocycles. The van der Waals surface area contributed by atoms with E-state index in [1.54, 1.807) is 0 Å². The molecule has 7 heteroatoms. The van der Waals surface area contributed by atoms with Gasteiger partial charge in [0.2, 0.25) is 0 Å². The van der Waals surface area contributed by atoms with E-state index in [-0.39, 0.29) is 17.3 Å². The van der Waals surface area contributed by atoms with E-state index < -0.39 is 4.92 Å². The Morgan fingerprint density at radius 1 is 1.72 bits per heavy atom. The summed E-state index contributed by atoms with van der Waals surface area (Å²) in [7, 11) is 0. The Bertz CT molecular complexity index is 511. The second kappa shape index (κ2) is 4.98. The van der Waals surface area contributed by atoms with Gasteiger partial charge in [0.05, 0.1) is 4.92 Å². The van der Waals surface area contributed by atoms with E-state index in [9.17, 15) is 10.1 Å². The average Bonchev–Trinajstić information content (AvgIpc) is 2.38. The van der Waals surface area contributed by atoms with E-state index in [0.717, 1.165) is 19.6 Å². The molecule has 2 heterocycles. The van der Waals surface area contributed by atoms with Gasteiger partial charge in [-0.2, -0.15) is 5.26 Å². The van der Waals surface area contributed by atoms with Gasteiger partial charge in [0, 0.05) is 31.7 Å². The third kappa shape index (κ3) is 2.24. The van der Waals surface area contributed by atoms with Crippen molar-refractivity contribution >= 4 is 11.5 Å². The molecule has 0 spiro atoms. The minimum Gasteiger partial charge on any atom is -0.350 e. The van der Waals surface area contributed by atoms with Crippen molar-refractivity contribution in [1.82, 2.24) is 10.3 Å². The van der Waals surface area contributed by atoms with E-state index in [1.807, 2.05) is 17.9 Å². The second-order valence-corrected chi connectivity index (χ2v) is 4.18. The number of nitrogens with one attached hydrogen (secondary N) is 1. The molecular formula is C11H13N5O2. The highest BCUT2D eigenvalue weighted by molar-refractivity contribution is 5.58. The number of aromatic nitrogens is 1. The lowest BCUT2D eigenvalue weighted by Gasteiger charge is -2.35. The number of nitro groups is 1. The third-order valence-corrected chi connectivity index (χ3v) is 2.96. The van der Waals surface area contributed by atoms with Crippen LogP contribution in [0.5, 0.6) is 0 Å². The van der Waals surface area contributed by atoms with E-state index in [0.29, 0.717) is 5.82 Å². The van der Waals surface area contributed by atoms with E-state index in [1.165, 1.54) is 12.3 Å². The van der Waals surface area contributed by atoms with Crippen LogP contribution in [-0.4, -0.2) is 35.6 Å². The molecule has 0 bridgehead atoms. The predicted octanol–water partition coefficient (Wildman–Crippen LogP) is 0.660. The fourth-order valence-corrected chi connectivity index (χ4v) is 2.01. The first-order valence-electron chi connectivity index (χ1n) is 5.65. The third-order valence-electron chi connectivity index (χ3n) is 2.96. The number of hydrogen-bond donors (Lipinski definition) is 1. The Morgan fingerprint density at radius 2 is 2.50 bits per heavy atom. The number of nitrogens with zero attached hydrogens (tertiary/aromatic N) is 4. The molecule has 0 amide bonds. The Balaban J connectivity index is 2.38. The number of piperazine rings is 1. The predicted molar refractivity (Wildman–Crippen MR) is 65.3 cm³/mol. The maximum atomic E-state index is 10.7. The van der Waals surface area contributed by atoms with Crippen LogP contribution in [0.2, 0.25) is 0 Å². The van der Waals surface area contributed by atoms with Gasteiger partial charge in [0.15, 0.2) is 0 Å². The van der Waals surface area contributed by atoms with Crippen LogP contribution in [0, 0.1) is 21.4 Å². The quantitative estimate of drug-likeness (QED) is 0.609. The van der Waals surface area contributed by atoms with Crippen LogP contribution in [-0.2, 0) is 0 Å². The van der Waals surface area contributed by atoms with Gasteiger partial charge in [-0.15, -0.1) is 0 Å². The number of hydrogen-bond acceptors (Lipinski definition) is 6. The first kappa shape index (κ1) is 12.3. The topological polar surface area (TPSA) is 95.1 Å². The Hall–Kier alpha value is -2.20. The van der Waals surface area contributed by atoms with Gasteiger partial charge >= 0.3 is 0 Å². The second-order valence-electron chi connectivity index (χ2n) is 4.18. The van der Waals surface area contributed by atoms with Gasteiger partial charge in [0.1, 0.15) is 23.6 Å². The summed E-state index contributed by atoms with van der Waals surface area (Å²) in [6.45, 7) is 4.38. The lowest BCUT2D eigenvalue weighted by Crippen LogP contribution is -2.50. The molecule has 7 nitrogen and oxygen atoms in total. The lowest BCUT2D eigenvalue weighted by molar-refractivity contribution is -0.385. The molecule has 1 fully saturated rings. The van der Waals surface area contributed by atoms with Crippen LogP contribution in [0.4, 0.5) is 11.5 Å². The Kier molecular flexibility index (Phi) is 3.39. The summed E-state index contributed by atoms with van der Waals surface area (Å²) in [6, 6.07) is 3.46. The molecule has 1 saturated heterocycles. The zero-order valence-electron chi connectivity index (χ0n) is 9.96. The van der Waals surface area contributed by atoms with Gasteiger partial charge in [0.25, 0.3) is 5.69 Å². The highest BCUT2D eigenvalue weighted by Crippen LogP contribution is 2.23. The van der Waals surface area contributed by atoms with Crippen LogP contribution in [0.25, 0.3) is 0 Å². The summed E-state index contributed by atoms with van der Waals surface area (Å²) >= 11 is 0. The standard InChI is InChI=1S/C11H13N5O2/c1-8-6-13-2-3-15(8)11-9(5-12)4-10(7-14-11)16(17)18/h4,7-8,13H,2-3,6H2,1H3. The molecule has 1 unspecified atom stereocenters. The summed E-state index contributed by atoms with van der Waals surface area (Å²) in [6.07, 6.45) is 1.20. The van der Waals surface area contributed by atoms with E-state index >= 15 is 0 Å². The maximum Gasteiger partial charge on any atom is 0.289 e. The molecule has 1 aromatic rings. The molecule has 1 aliphatic rings. The van der Waals surface area contributed by atoms with Crippen LogP contribution in [0.1, 0.15) is 12.5 Å². The zero-order chi connectivity index (χ0) is 13.1. The number of rotatable bonds is 2. The minimum absolute atomic E-state index is 0.155. The van der Waals surface area contributed by atoms with Crippen molar-refractivity contribution in [2.75, 3.05) is 24.5 Å². The first-order chi connectivity index (χ1) is 8.63. The number of pyridine rings is 1. The van der Waals surface area contributed by atoms with Crippen LogP contribution >= 0.6 is 0 Å². The molecule has 2 rings (SSSR count). The van der Waals surface area contributed by atoms with Crippen molar-refractivity contribution in [3.63, 3.8) is 0 Å². The van der Waals surface area contributed by atoms with Crippen molar-refractivity contribution in [2.45, 2.75) is 13.0 Å². The van der Waals surface area contributed by atoms with Crippen molar-refractivity contribution in [3.05, 3.63) is 27.9 Å². The van der Waals surface area contributed by atoms with Crippen molar-refractivity contribution < 1.29 is 4.92 Å². The summed E-state index contributed by atoms with van der Waals surface area (Å²) < 4.78 is 0. The molecule has 0 aromatic carbocycles. The van der Waals surface area contributed by atoms with Crippen LogP contribution in [0.15, 0.2) is 12.3 Å². The van der Waals surface area contributed by atoms with Crippen LogP contribution in [0.3, 0.4) is 0 Å². The van der Waals surface area contributed by atoms with Gasteiger partial charge in [-0.1, -0.05) is 0 Å². The van der Waals surface area contributed by atoms with E-state index in [2.05, 4.69) is 10.3 Å². The van der Waals surface area contributed by atoms with Crippen LogP contribution < -0.4 is 10.2 Å². The average molecular weight is 247 g/mol. The lowest BCUT2D eigenvalue weighted by atomic mass is 10.1. The molecular weight excluding hydrogens is 234 g/mol. The largest absolute Gasteiger partial charge is 0.350 e. The van der Waals surface area contributed by atoms with Gasteiger partial charge < -0.3 is 10.2 Å². The Morgan fingerprint density at radius 3 is 3.11 bits per heavy atom. The number of nitriles is 1. The van der Waals surface area contributed by atoms with Gasteiger partial charge in [-0.05, 0) is 6.92 Å². The first-order valence-corrected chi connectivity index (χ1v) is 5.65. The molecule has 0 radical (unpaired) electrons. The number of anilines is 1. The fourth-order valence-electron chi connectivity index (χ4n) is 2.01. The highest BCUT2D eigenvalue weighted by atomic mass is 16.6. The molecule has 94 valence electrons. The summed E-state index contributed by atoms with van der Waals surface area (Å²) in [5.74, 6) is 0.525. The summed E-state index contributed by atoms with van der Waals surface area (Å²) in [5.41, 5.74) is 0.0936. The van der Waals surface area contributed by atoms with Gasteiger partial charge in [-0.3, -0.25) is 10.1 Å². The van der Waals surface area contributed by atoms with Crippen molar-refractivity contribution in [3.8, 4) is 6.07 Å². The minimum atomic E-state index is -0.543. The zero-order valence-corrected chi connectivity index (χ0v) is 9.96. The fraction of sp³-hybridized carbons (Fsp3) is 0.455. The van der Waals surface area contributed by atoms with Gasteiger partial charge in [-0.25, -0.2) is 4.98 Å². The molecule has 18 heavy (non-hydrogen) atoms. The molecule has 1 N–H and O–H groups in total. The normalized spacial score (nSPS) is 19.3. The molecule has 0 aliphatic carbocycles. The summed E-state index contributed by atoms with van der Waals surface area (Å²) in [4.78, 5) is 16.2. The monoisotopic (exact) mass is 247 g/mol. The molecule has 0 saturated carbocycles. The summed E-state index contributed by atoms with van der Waals surface area (Å²) in [5, 5.41) is 23.0. The molecule has 1 atom stereocenters. The molecule has 1 aromatic heterocycles. The van der Waals surface area contributed by atoms with E-state index in [4.69, 9.17) is 5.26 Å².